The van der Waals surface area contributed by atoms with Crippen LogP contribution in [0.25, 0.3) is 16.9 Å². The van der Waals surface area contributed by atoms with Crippen molar-refractivity contribution in [1.29, 1.82) is 5.26 Å². The van der Waals surface area contributed by atoms with Crippen LogP contribution in [0, 0.1) is 11.3 Å². The number of hydrogen-bond donors (Lipinski definition) is 1. The molecule has 0 aliphatic heterocycles. The molecular weight excluding hydrogens is 439 g/mol. The van der Waals surface area contributed by atoms with Crippen molar-refractivity contribution in [3.8, 4) is 17.3 Å². The lowest BCUT2D eigenvalue weighted by molar-refractivity contribution is 0.869. The summed E-state index contributed by atoms with van der Waals surface area (Å²) in [6.07, 6.45) is 1.46. The van der Waals surface area contributed by atoms with Crippen LogP contribution >= 0.6 is 46.6 Å². The quantitative estimate of drug-likeness (QED) is 0.439. The van der Waals surface area contributed by atoms with Crippen LogP contribution in [0.4, 0.5) is 0 Å². The molecule has 0 unspecified atom stereocenters. The standard InChI is InChI=1S/C19H9Cl3N4OS/c20-10-1-4-12(5-2-10)28-16-9-24-18-14(8-23)17(25-26(18)19(16)27)13-6-3-11(21)7-15(13)22/h1-7,9,25H. The van der Waals surface area contributed by atoms with Crippen molar-refractivity contribution in [3.05, 3.63) is 79.6 Å². The van der Waals surface area contributed by atoms with E-state index in [9.17, 15) is 10.1 Å². The van der Waals surface area contributed by atoms with Gasteiger partial charge < -0.3 is 0 Å². The summed E-state index contributed by atoms with van der Waals surface area (Å²) in [4.78, 5) is 18.5. The first kappa shape index (κ1) is 18.9. The normalized spacial score (nSPS) is 10.9. The van der Waals surface area contributed by atoms with E-state index in [0.29, 0.717) is 31.2 Å². The van der Waals surface area contributed by atoms with Gasteiger partial charge in [0.05, 0.1) is 15.6 Å². The number of aromatic amines is 1. The molecule has 0 spiro atoms. The molecule has 0 radical (unpaired) electrons. The second-order valence-electron chi connectivity index (χ2n) is 5.74. The molecule has 0 aliphatic rings. The topological polar surface area (TPSA) is 73.9 Å². The molecule has 0 aliphatic carbocycles. The van der Waals surface area contributed by atoms with Gasteiger partial charge in [-0.3, -0.25) is 9.89 Å². The fraction of sp³-hybridized carbons (Fsp3) is 0. The third-order valence-corrected chi connectivity index (χ3v) is 5.79. The Labute approximate surface area is 178 Å². The van der Waals surface area contributed by atoms with Gasteiger partial charge in [0.2, 0.25) is 0 Å². The Bertz CT molecular complexity index is 1310. The second kappa shape index (κ2) is 7.53. The van der Waals surface area contributed by atoms with Crippen LogP contribution in [-0.2, 0) is 0 Å². The van der Waals surface area contributed by atoms with Gasteiger partial charge in [-0.05, 0) is 42.5 Å². The first-order valence-corrected chi connectivity index (χ1v) is 9.85. The maximum atomic E-state index is 12.9. The number of benzene rings is 2. The van der Waals surface area contributed by atoms with Crippen molar-refractivity contribution < 1.29 is 0 Å². The highest BCUT2D eigenvalue weighted by Crippen LogP contribution is 2.33. The minimum atomic E-state index is -0.321. The summed E-state index contributed by atoms with van der Waals surface area (Å²) in [5.41, 5.74) is 1.10. The molecule has 138 valence electrons. The first-order chi connectivity index (χ1) is 13.5. The number of halogens is 3. The number of aromatic nitrogens is 3. The van der Waals surface area contributed by atoms with Gasteiger partial charge in [0, 0.05) is 26.7 Å². The number of nitrogens with zero attached hydrogens (tertiary/aromatic N) is 3. The summed E-state index contributed by atoms with van der Waals surface area (Å²) in [6.45, 7) is 0. The van der Waals surface area contributed by atoms with Crippen molar-refractivity contribution in [3.63, 3.8) is 0 Å². The van der Waals surface area contributed by atoms with Gasteiger partial charge in [-0.15, -0.1) is 0 Å². The van der Waals surface area contributed by atoms with Crippen molar-refractivity contribution in [2.24, 2.45) is 0 Å². The highest BCUT2D eigenvalue weighted by atomic mass is 35.5. The Morgan fingerprint density at radius 1 is 1.07 bits per heavy atom. The molecule has 0 bridgehead atoms. The molecule has 2 aromatic carbocycles. The Morgan fingerprint density at radius 2 is 1.79 bits per heavy atom. The lowest BCUT2D eigenvalue weighted by atomic mass is 10.1. The molecule has 5 nitrogen and oxygen atoms in total. The number of nitriles is 1. The lowest BCUT2D eigenvalue weighted by Crippen LogP contribution is -2.16. The SMILES string of the molecule is N#Cc1c(-c2ccc(Cl)cc2Cl)[nH]n2c(=O)c(Sc3ccc(Cl)cc3)cnc12. The average molecular weight is 448 g/mol. The van der Waals surface area contributed by atoms with E-state index in [0.717, 1.165) is 4.90 Å². The van der Waals surface area contributed by atoms with Gasteiger partial charge in [0.25, 0.3) is 5.56 Å². The molecule has 4 aromatic rings. The molecule has 2 aromatic heterocycles. The number of nitrogens with one attached hydrogen (secondary N) is 1. The number of fused-ring (bicyclic) bond motifs is 1. The van der Waals surface area contributed by atoms with Crippen molar-refractivity contribution >= 4 is 52.2 Å². The molecule has 2 heterocycles. The zero-order valence-electron chi connectivity index (χ0n) is 13.9. The van der Waals surface area contributed by atoms with E-state index in [1.807, 2.05) is 12.1 Å². The summed E-state index contributed by atoms with van der Waals surface area (Å²) in [5.74, 6) is 0. The zero-order valence-corrected chi connectivity index (χ0v) is 17.0. The predicted molar refractivity (Wildman–Crippen MR) is 112 cm³/mol. The predicted octanol–water partition coefficient (Wildman–Crippen LogP) is 5.67. The molecule has 0 fully saturated rings. The smallest absolute Gasteiger partial charge is 0.286 e. The molecule has 4 rings (SSSR count). The molecule has 0 amide bonds. The highest BCUT2D eigenvalue weighted by Gasteiger charge is 2.19. The highest BCUT2D eigenvalue weighted by molar-refractivity contribution is 7.99. The Morgan fingerprint density at radius 3 is 2.46 bits per heavy atom. The molecule has 1 N–H and O–H groups in total. The van der Waals surface area contributed by atoms with E-state index in [1.165, 1.54) is 22.5 Å². The summed E-state index contributed by atoms with van der Waals surface area (Å²) in [5, 5.41) is 14.0. The van der Waals surface area contributed by atoms with E-state index in [-0.39, 0.29) is 16.8 Å². The van der Waals surface area contributed by atoms with Crippen LogP contribution in [0.3, 0.4) is 0 Å². The summed E-state index contributed by atoms with van der Waals surface area (Å²) < 4.78 is 1.25. The molecule has 9 heteroatoms. The summed E-state index contributed by atoms with van der Waals surface area (Å²) in [7, 11) is 0. The van der Waals surface area contributed by atoms with Gasteiger partial charge in [-0.25, -0.2) is 4.98 Å². The first-order valence-electron chi connectivity index (χ1n) is 7.90. The fourth-order valence-corrected chi connectivity index (χ4v) is 4.13. The van der Waals surface area contributed by atoms with Crippen LogP contribution in [-0.4, -0.2) is 14.6 Å². The molecule has 0 saturated carbocycles. The van der Waals surface area contributed by atoms with Gasteiger partial charge in [0.15, 0.2) is 5.65 Å². The van der Waals surface area contributed by atoms with E-state index < -0.39 is 0 Å². The van der Waals surface area contributed by atoms with Crippen LogP contribution in [0.15, 0.2) is 63.2 Å². The van der Waals surface area contributed by atoms with Gasteiger partial charge >= 0.3 is 0 Å². The van der Waals surface area contributed by atoms with Gasteiger partial charge in [0.1, 0.15) is 11.6 Å². The summed E-state index contributed by atoms with van der Waals surface area (Å²) >= 11 is 19.4. The average Bonchev–Trinajstić information content (AvgIpc) is 3.05. The van der Waals surface area contributed by atoms with Crippen LogP contribution in [0.2, 0.25) is 15.1 Å². The second-order valence-corrected chi connectivity index (χ2v) is 8.14. The van der Waals surface area contributed by atoms with Crippen LogP contribution in [0.5, 0.6) is 0 Å². The largest absolute Gasteiger partial charge is 0.287 e. The zero-order chi connectivity index (χ0) is 19.8. The number of rotatable bonds is 3. The van der Waals surface area contributed by atoms with Crippen molar-refractivity contribution in [2.75, 3.05) is 0 Å². The molecule has 28 heavy (non-hydrogen) atoms. The monoisotopic (exact) mass is 446 g/mol. The van der Waals surface area contributed by atoms with Crippen molar-refractivity contribution in [1.82, 2.24) is 14.6 Å². The lowest BCUT2D eigenvalue weighted by Gasteiger charge is -2.02. The molecule has 0 atom stereocenters. The third-order valence-electron chi connectivity index (χ3n) is 3.98. The van der Waals surface area contributed by atoms with Gasteiger partial charge in [-0.2, -0.15) is 9.78 Å². The fourth-order valence-electron chi connectivity index (χ4n) is 2.69. The third kappa shape index (κ3) is 3.38. The van der Waals surface area contributed by atoms with E-state index >= 15 is 0 Å². The number of hydrogen-bond acceptors (Lipinski definition) is 4. The van der Waals surface area contributed by atoms with E-state index in [1.54, 1.807) is 30.3 Å². The van der Waals surface area contributed by atoms with E-state index in [4.69, 9.17) is 34.8 Å². The van der Waals surface area contributed by atoms with Crippen molar-refractivity contribution in [2.45, 2.75) is 9.79 Å². The Kier molecular flexibility index (Phi) is 5.09. The summed E-state index contributed by atoms with van der Waals surface area (Å²) in [6, 6.07) is 14.1. The Hall–Kier alpha value is -2.43. The van der Waals surface area contributed by atoms with Crippen LogP contribution in [0.1, 0.15) is 5.56 Å². The Balaban J connectivity index is 1.86. The van der Waals surface area contributed by atoms with E-state index in [2.05, 4.69) is 16.2 Å². The maximum absolute atomic E-state index is 12.9. The minimum absolute atomic E-state index is 0.226. The molecular formula is C19H9Cl3N4OS. The number of H-pyrrole nitrogens is 1. The molecule has 0 saturated heterocycles. The van der Waals surface area contributed by atoms with Crippen LogP contribution < -0.4 is 5.56 Å². The minimum Gasteiger partial charge on any atom is -0.287 e. The maximum Gasteiger partial charge on any atom is 0.286 e. The van der Waals surface area contributed by atoms with Gasteiger partial charge in [-0.1, -0.05) is 46.6 Å².